The summed E-state index contributed by atoms with van der Waals surface area (Å²) in [5.74, 6) is 0.514. The number of hydrogen-bond donors (Lipinski definition) is 1. The second-order valence-corrected chi connectivity index (χ2v) is 6.80. The summed E-state index contributed by atoms with van der Waals surface area (Å²) < 4.78 is 5.09. The van der Waals surface area contributed by atoms with Gasteiger partial charge in [0.2, 0.25) is 5.91 Å². The van der Waals surface area contributed by atoms with Crippen LogP contribution in [0.15, 0.2) is 48.5 Å². The summed E-state index contributed by atoms with van der Waals surface area (Å²) in [6.45, 7) is 2.13. The number of rotatable bonds is 7. The van der Waals surface area contributed by atoms with Crippen molar-refractivity contribution in [2.45, 2.75) is 32.1 Å². The molecular weight excluding hydrogens is 340 g/mol. The number of Topliss-reactive ketones (excluding diaryl/α,β-unsaturated/α-hetero) is 1. The van der Waals surface area contributed by atoms with E-state index in [1.54, 1.807) is 31.4 Å². The zero-order chi connectivity index (χ0) is 19.1. The number of piperidine rings is 1. The van der Waals surface area contributed by atoms with Gasteiger partial charge in [-0.15, -0.1) is 0 Å². The second kappa shape index (κ2) is 9.21. The van der Waals surface area contributed by atoms with Crippen LogP contribution in [0.5, 0.6) is 5.75 Å². The maximum Gasteiger partial charge on any atom is 0.224 e. The molecule has 1 heterocycles. The van der Waals surface area contributed by atoms with Gasteiger partial charge in [0.25, 0.3) is 0 Å². The lowest BCUT2D eigenvalue weighted by Crippen LogP contribution is -2.29. The van der Waals surface area contributed by atoms with E-state index in [2.05, 4.69) is 16.3 Å². The molecule has 2 aromatic carbocycles. The Hall–Kier alpha value is -2.82. The van der Waals surface area contributed by atoms with Crippen molar-refractivity contribution >= 4 is 23.1 Å². The topological polar surface area (TPSA) is 58.6 Å². The van der Waals surface area contributed by atoms with E-state index in [9.17, 15) is 9.59 Å². The molecule has 0 saturated carbocycles. The van der Waals surface area contributed by atoms with Crippen LogP contribution in [0.2, 0.25) is 0 Å². The van der Waals surface area contributed by atoms with Crippen molar-refractivity contribution in [2.24, 2.45) is 0 Å². The normalized spacial score (nSPS) is 13.9. The number of carbonyl (C=O) groups excluding carboxylic acids is 2. The van der Waals surface area contributed by atoms with E-state index in [0.717, 1.165) is 24.5 Å². The van der Waals surface area contributed by atoms with Gasteiger partial charge in [-0.25, -0.2) is 0 Å². The second-order valence-electron chi connectivity index (χ2n) is 6.80. The van der Waals surface area contributed by atoms with E-state index in [4.69, 9.17) is 4.74 Å². The van der Waals surface area contributed by atoms with Crippen LogP contribution in [-0.2, 0) is 4.79 Å². The number of amides is 1. The molecule has 1 saturated heterocycles. The number of benzene rings is 2. The van der Waals surface area contributed by atoms with Crippen molar-refractivity contribution in [2.75, 3.05) is 30.4 Å². The lowest BCUT2D eigenvalue weighted by atomic mass is 10.1. The fourth-order valence-corrected chi connectivity index (χ4v) is 3.30. The molecule has 5 nitrogen and oxygen atoms in total. The van der Waals surface area contributed by atoms with Gasteiger partial charge in [-0.2, -0.15) is 0 Å². The first kappa shape index (κ1) is 19.0. The highest BCUT2D eigenvalue weighted by Crippen LogP contribution is 2.23. The molecule has 0 bridgehead atoms. The average molecular weight is 366 g/mol. The molecule has 142 valence electrons. The maximum absolute atomic E-state index is 12.2. The van der Waals surface area contributed by atoms with Gasteiger partial charge in [0.15, 0.2) is 5.78 Å². The van der Waals surface area contributed by atoms with Crippen molar-refractivity contribution in [3.63, 3.8) is 0 Å². The van der Waals surface area contributed by atoms with E-state index in [0.29, 0.717) is 11.3 Å². The molecular formula is C22H26N2O3. The standard InChI is InChI=1S/C22H26N2O3/c1-27-20-10-8-17(9-11-20)21(25)12-13-22(26)23-18-6-5-7-19(16-18)24-14-3-2-4-15-24/h5-11,16H,2-4,12-15H2,1H3,(H,23,26). The van der Waals surface area contributed by atoms with Gasteiger partial charge in [-0.3, -0.25) is 9.59 Å². The van der Waals surface area contributed by atoms with E-state index in [1.165, 1.54) is 19.3 Å². The van der Waals surface area contributed by atoms with Gasteiger partial charge in [0, 0.05) is 42.9 Å². The molecule has 0 radical (unpaired) electrons. The van der Waals surface area contributed by atoms with Crippen LogP contribution in [0.1, 0.15) is 42.5 Å². The summed E-state index contributed by atoms with van der Waals surface area (Å²) in [5, 5.41) is 2.91. The highest BCUT2D eigenvalue weighted by molar-refractivity contribution is 6.00. The number of ketones is 1. The van der Waals surface area contributed by atoms with E-state index < -0.39 is 0 Å². The fraction of sp³-hybridized carbons (Fsp3) is 0.364. The Labute approximate surface area is 160 Å². The van der Waals surface area contributed by atoms with Crippen LogP contribution in [0.3, 0.4) is 0 Å². The predicted molar refractivity (Wildman–Crippen MR) is 108 cm³/mol. The van der Waals surface area contributed by atoms with Crippen molar-refractivity contribution in [3.8, 4) is 5.75 Å². The van der Waals surface area contributed by atoms with Crippen LogP contribution in [-0.4, -0.2) is 31.9 Å². The number of nitrogens with zero attached hydrogens (tertiary/aromatic N) is 1. The first-order valence-corrected chi connectivity index (χ1v) is 9.48. The molecule has 2 aromatic rings. The third-order valence-corrected chi connectivity index (χ3v) is 4.84. The van der Waals surface area contributed by atoms with Crippen LogP contribution >= 0.6 is 0 Å². The highest BCUT2D eigenvalue weighted by Gasteiger charge is 2.13. The minimum atomic E-state index is -0.146. The Morgan fingerprint density at radius 3 is 2.44 bits per heavy atom. The molecule has 0 aromatic heterocycles. The van der Waals surface area contributed by atoms with Crippen molar-refractivity contribution < 1.29 is 14.3 Å². The molecule has 0 unspecified atom stereocenters. The maximum atomic E-state index is 12.2. The summed E-state index contributed by atoms with van der Waals surface area (Å²) in [7, 11) is 1.58. The third kappa shape index (κ3) is 5.33. The van der Waals surface area contributed by atoms with E-state index in [-0.39, 0.29) is 24.5 Å². The number of methoxy groups -OCH3 is 1. The van der Waals surface area contributed by atoms with Crippen LogP contribution in [0.4, 0.5) is 11.4 Å². The molecule has 5 heteroatoms. The lowest BCUT2D eigenvalue weighted by Gasteiger charge is -2.29. The molecule has 0 spiro atoms. The molecule has 1 aliphatic rings. The van der Waals surface area contributed by atoms with Crippen LogP contribution in [0.25, 0.3) is 0 Å². The quantitative estimate of drug-likeness (QED) is 0.743. The highest BCUT2D eigenvalue weighted by atomic mass is 16.5. The summed E-state index contributed by atoms with van der Waals surface area (Å²) in [5.41, 5.74) is 2.51. The summed E-state index contributed by atoms with van der Waals surface area (Å²) in [4.78, 5) is 26.8. The van der Waals surface area contributed by atoms with E-state index in [1.807, 2.05) is 18.2 Å². The molecule has 27 heavy (non-hydrogen) atoms. The van der Waals surface area contributed by atoms with Gasteiger partial charge in [0.1, 0.15) is 5.75 Å². The number of carbonyl (C=O) groups is 2. The number of ether oxygens (including phenoxy) is 1. The van der Waals surface area contributed by atoms with Crippen molar-refractivity contribution in [1.29, 1.82) is 0 Å². The SMILES string of the molecule is COc1ccc(C(=O)CCC(=O)Nc2cccc(N3CCCCC3)c2)cc1. The Bertz CT molecular complexity index is 780. The number of nitrogens with one attached hydrogen (secondary N) is 1. The van der Waals surface area contributed by atoms with Gasteiger partial charge < -0.3 is 15.0 Å². The van der Waals surface area contributed by atoms with Crippen molar-refractivity contribution in [3.05, 3.63) is 54.1 Å². The van der Waals surface area contributed by atoms with Crippen LogP contribution in [0, 0.1) is 0 Å². The molecule has 0 atom stereocenters. The smallest absolute Gasteiger partial charge is 0.224 e. The average Bonchev–Trinajstić information content (AvgIpc) is 2.73. The summed E-state index contributed by atoms with van der Waals surface area (Å²) in [6, 6.07) is 14.9. The molecule has 3 rings (SSSR count). The third-order valence-electron chi connectivity index (χ3n) is 4.84. The Kier molecular flexibility index (Phi) is 6.47. The van der Waals surface area contributed by atoms with Gasteiger partial charge in [-0.05, 0) is 61.7 Å². The first-order chi connectivity index (χ1) is 13.2. The molecule has 0 aliphatic carbocycles. The molecule has 1 fully saturated rings. The largest absolute Gasteiger partial charge is 0.497 e. The zero-order valence-corrected chi connectivity index (χ0v) is 15.7. The predicted octanol–water partition coefficient (Wildman–Crippen LogP) is 4.29. The first-order valence-electron chi connectivity index (χ1n) is 9.48. The molecule has 1 amide bonds. The van der Waals surface area contributed by atoms with Gasteiger partial charge in [-0.1, -0.05) is 6.07 Å². The van der Waals surface area contributed by atoms with Gasteiger partial charge in [0.05, 0.1) is 7.11 Å². The minimum absolute atomic E-state index is 0.0464. The molecule has 1 aliphatic heterocycles. The number of anilines is 2. The minimum Gasteiger partial charge on any atom is -0.497 e. The fourth-order valence-electron chi connectivity index (χ4n) is 3.30. The van der Waals surface area contributed by atoms with Crippen LogP contribution < -0.4 is 15.0 Å². The summed E-state index contributed by atoms with van der Waals surface area (Å²) in [6.07, 6.45) is 4.06. The van der Waals surface area contributed by atoms with Crippen molar-refractivity contribution in [1.82, 2.24) is 0 Å². The summed E-state index contributed by atoms with van der Waals surface area (Å²) >= 11 is 0. The van der Waals surface area contributed by atoms with Gasteiger partial charge >= 0.3 is 0 Å². The Balaban J connectivity index is 1.52. The zero-order valence-electron chi connectivity index (χ0n) is 15.7. The Morgan fingerprint density at radius 2 is 1.74 bits per heavy atom. The monoisotopic (exact) mass is 366 g/mol. The van der Waals surface area contributed by atoms with E-state index >= 15 is 0 Å². The lowest BCUT2D eigenvalue weighted by molar-refractivity contribution is -0.116. The Morgan fingerprint density at radius 1 is 1.00 bits per heavy atom. The molecule has 1 N–H and O–H groups in total. The number of hydrogen-bond acceptors (Lipinski definition) is 4.